The van der Waals surface area contributed by atoms with Gasteiger partial charge in [-0.2, -0.15) is 0 Å². The molecule has 1 heteroatoms. The molecule has 0 saturated heterocycles. The van der Waals surface area contributed by atoms with Crippen LogP contribution >= 0.6 is 0 Å². The van der Waals surface area contributed by atoms with Crippen LogP contribution in [0.4, 0.5) is 0 Å². The van der Waals surface area contributed by atoms with Crippen molar-refractivity contribution < 1.29 is 0 Å². The maximum absolute atomic E-state index is 6.00. The van der Waals surface area contributed by atoms with Crippen LogP contribution in [0.1, 0.15) is 32.1 Å². The molecular weight excluding hydrogens is 134 g/mol. The van der Waals surface area contributed by atoms with Gasteiger partial charge in [-0.25, -0.2) is 0 Å². The maximum Gasteiger partial charge on any atom is 0.0255 e. The largest absolute Gasteiger partial charge is 0.324 e. The Kier molecular flexibility index (Phi) is 1.99. The number of hydrogen-bond donors (Lipinski definition) is 1. The van der Waals surface area contributed by atoms with Crippen molar-refractivity contribution in [2.24, 2.45) is 17.6 Å². The van der Waals surface area contributed by atoms with Crippen molar-refractivity contribution in [2.45, 2.75) is 38.1 Å². The van der Waals surface area contributed by atoms with E-state index in [4.69, 9.17) is 5.73 Å². The third-order valence-electron chi connectivity index (χ3n) is 3.26. The summed E-state index contributed by atoms with van der Waals surface area (Å²) in [5, 5.41) is 0. The fourth-order valence-electron chi connectivity index (χ4n) is 2.59. The molecule has 0 amide bonds. The Labute approximate surface area is 68.7 Å². The molecule has 0 aromatic rings. The van der Waals surface area contributed by atoms with Gasteiger partial charge >= 0.3 is 0 Å². The monoisotopic (exact) mass is 151 g/mol. The molecule has 1 nitrogen and oxygen atoms in total. The van der Waals surface area contributed by atoms with Crippen LogP contribution in [0.5, 0.6) is 0 Å². The molecule has 0 bridgehead atoms. The number of nitrogens with two attached hydrogens (primary N) is 1. The first-order valence-corrected chi connectivity index (χ1v) is 4.80. The van der Waals surface area contributed by atoms with Crippen molar-refractivity contribution in [3.8, 4) is 0 Å². The van der Waals surface area contributed by atoms with E-state index in [0.29, 0.717) is 6.04 Å². The van der Waals surface area contributed by atoms with E-state index in [1.165, 1.54) is 32.1 Å². The van der Waals surface area contributed by atoms with Gasteiger partial charge in [0.05, 0.1) is 0 Å². The van der Waals surface area contributed by atoms with Gasteiger partial charge in [-0.15, -0.1) is 0 Å². The van der Waals surface area contributed by atoms with Gasteiger partial charge in [0.1, 0.15) is 0 Å². The fourth-order valence-corrected chi connectivity index (χ4v) is 2.59. The van der Waals surface area contributed by atoms with E-state index >= 15 is 0 Å². The molecular formula is C10H17N. The van der Waals surface area contributed by atoms with E-state index in [9.17, 15) is 0 Å². The summed E-state index contributed by atoms with van der Waals surface area (Å²) in [5.41, 5.74) is 6.00. The summed E-state index contributed by atoms with van der Waals surface area (Å²) in [6, 6.07) is 0.369. The van der Waals surface area contributed by atoms with E-state index in [1.54, 1.807) is 0 Å². The second-order valence-corrected chi connectivity index (χ2v) is 3.95. The minimum absolute atomic E-state index is 0.369. The Bertz CT molecular complexity index is 162. The lowest BCUT2D eigenvalue weighted by atomic mass is 9.71. The first kappa shape index (κ1) is 7.35. The molecule has 0 aliphatic heterocycles. The van der Waals surface area contributed by atoms with E-state index in [-0.39, 0.29) is 0 Å². The Morgan fingerprint density at radius 3 is 2.82 bits per heavy atom. The van der Waals surface area contributed by atoms with Gasteiger partial charge < -0.3 is 5.73 Å². The van der Waals surface area contributed by atoms with Crippen LogP contribution in [0, 0.1) is 11.8 Å². The van der Waals surface area contributed by atoms with Crippen LogP contribution in [0.15, 0.2) is 12.2 Å². The first-order valence-electron chi connectivity index (χ1n) is 4.80. The molecule has 1 fully saturated rings. The molecule has 0 heterocycles. The van der Waals surface area contributed by atoms with Crippen molar-refractivity contribution in [2.75, 3.05) is 0 Å². The van der Waals surface area contributed by atoms with Gasteiger partial charge in [0, 0.05) is 6.04 Å². The molecule has 2 rings (SSSR count). The fraction of sp³-hybridized carbons (Fsp3) is 0.800. The molecule has 1 saturated carbocycles. The average Bonchev–Trinajstić information content (AvgIpc) is 2.06. The predicted molar refractivity (Wildman–Crippen MR) is 47.2 cm³/mol. The van der Waals surface area contributed by atoms with E-state index in [1.807, 2.05) is 0 Å². The number of hydrogen-bond acceptors (Lipinski definition) is 1. The smallest absolute Gasteiger partial charge is 0.0255 e. The molecule has 2 unspecified atom stereocenters. The van der Waals surface area contributed by atoms with Crippen LogP contribution in [0.2, 0.25) is 0 Å². The zero-order chi connectivity index (χ0) is 7.68. The van der Waals surface area contributed by atoms with E-state index < -0.39 is 0 Å². The Balaban J connectivity index is 2.08. The Morgan fingerprint density at radius 2 is 2.00 bits per heavy atom. The lowest BCUT2D eigenvalue weighted by Crippen LogP contribution is -2.37. The topological polar surface area (TPSA) is 26.0 Å². The third kappa shape index (κ3) is 1.34. The molecule has 2 N–H and O–H groups in total. The second kappa shape index (κ2) is 2.98. The SMILES string of the molecule is NC1C=CCC2CCCC[C@@H]12. The second-order valence-electron chi connectivity index (χ2n) is 3.95. The Morgan fingerprint density at radius 1 is 1.18 bits per heavy atom. The van der Waals surface area contributed by atoms with Gasteiger partial charge in [0.2, 0.25) is 0 Å². The van der Waals surface area contributed by atoms with Crippen molar-refractivity contribution in [1.29, 1.82) is 0 Å². The highest BCUT2D eigenvalue weighted by Gasteiger charge is 2.29. The predicted octanol–water partition coefficient (Wildman–Crippen LogP) is 2.08. The number of fused-ring (bicyclic) bond motifs is 1. The average molecular weight is 151 g/mol. The van der Waals surface area contributed by atoms with E-state index in [2.05, 4.69) is 12.2 Å². The highest BCUT2D eigenvalue weighted by Crippen LogP contribution is 2.36. The van der Waals surface area contributed by atoms with Gasteiger partial charge in [0.25, 0.3) is 0 Å². The van der Waals surface area contributed by atoms with Crippen LogP contribution in [-0.2, 0) is 0 Å². The van der Waals surface area contributed by atoms with Gasteiger partial charge in [-0.1, -0.05) is 25.0 Å². The van der Waals surface area contributed by atoms with Crippen LogP contribution in [-0.4, -0.2) is 6.04 Å². The number of rotatable bonds is 0. The van der Waals surface area contributed by atoms with Crippen molar-refractivity contribution in [3.63, 3.8) is 0 Å². The van der Waals surface area contributed by atoms with Crippen LogP contribution < -0.4 is 5.73 Å². The standard InChI is InChI=1S/C10H17N/c11-10-7-3-5-8-4-1-2-6-9(8)10/h3,7-10H,1-2,4-6,11H2/t8?,9-,10?/m1/s1. The van der Waals surface area contributed by atoms with E-state index in [0.717, 1.165) is 11.8 Å². The summed E-state index contributed by atoms with van der Waals surface area (Å²) < 4.78 is 0. The third-order valence-corrected chi connectivity index (χ3v) is 3.26. The van der Waals surface area contributed by atoms with Crippen LogP contribution in [0.25, 0.3) is 0 Å². The lowest BCUT2D eigenvalue weighted by molar-refractivity contribution is 0.211. The van der Waals surface area contributed by atoms with Gasteiger partial charge in [-0.05, 0) is 31.1 Å². The zero-order valence-corrected chi connectivity index (χ0v) is 7.00. The molecule has 0 spiro atoms. The quantitative estimate of drug-likeness (QED) is 0.527. The summed E-state index contributed by atoms with van der Waals surface area (Å²) in [4.78, 5) is 0. The summed E-state index contributed by atoms with van der Waals surface area (Å²) in [6.07, 6.45) is 11.4. The van der Waals surface area contributed by atoms with Gasteiger partial charge in [0.15, 0.2) is 0 Å². The van der Waals surface area contributed by atoms with Crippen molar-refractivity contribution in [3.05, 3.63) is 12.2 Å². The summed E-state index contributed by atoms with van der Waals surface area (Å²) in [5.74, 6) is 1.73. The molecule has 11 heavy (non-hydrogen) atoms. The number of allylic oxidation sites excluding steroid dienone is 1. The highest BCUT2D eigenvalue weighted by molar-refractivity contribution is 5.04. The maximum atomic E-state index is 6.00. The van der Waals surface area contributed by atoms with Gasteiger partial charge in [-0.3, -0.25) is 0 Å². The first-order chi connectivity index (χ1) is 5.38. The minimum Gasteiger partial charge on any atom is -0.324 e. The molecule has 0 radical (unpaired) electrons. The highest BCUT2D eigenvalue weighted by atomic mass is 14.7. The normalized spacial score (nSPS) is 43.5. The summed E-state index contributed by atoms with van der Waals surface area (Å²) >= 11 is 0. The Hall–Kier alpha value is -0.300. The molecule has 2 aliphatic carbocycles. The lowest BCUT2D eigenvalue weighted by Gasteiger charge is -2.36. The van der Waals surface area contributed by atoms with Crippen LogP contribution in [0.3, 0.4) is 0 Å². The van der Waals surface area contributed by atoms with Crippen molar-refractivity contribution >= 4 is 0 Å². The molecule has 3 atom stereocenters. The minimum atomic E-state index is 0.369. The summed E-state index contributed by atoms with van der Waals surface area (Å²) in [6.45, 7) is 0. The van der Waals surface area contributed by atoms with Crippen molar-refractivity contribution in [1.82, 2.24) is 0 Å². The molecule has 62 valence electrons. The molecule has 0 aromatic carbocycles. The summed E-state index contributed by atoms with van der Waals surface area (Å²) in [7, 11) is 0. The zero-order valence-electron chi connectivity index (χ0n) is 7.00. The molecule has 2 aliphatic rings. The molecule has 0 aromatic heterocycles.